The van der Waals surface area contributed by atoms with Gasteiger partial charge in [-0.25, -0.2) is 8.42 Å². The highest BCUT2D eigenvalue weighted by atomic mass is 35.7. The Hall–Kier alpha value is -1.27. The van der Waals surface area contributed by atoms with E-state index in [0.29, 0.717) is 18.8 Å². The molecule has 1 amide bonds. The van der Waals surface area contributed by atoms with E-state index in [1.165, 1.54) is 12.1 Å². The molecule has 1 aromatic rings. The minimum Gasteiger partial charge on any atom is -0.358 e. The Morgan fingerprint density at radius 1 is 1.24 bits per heavy atom. The Kier molecular flexibility index (Phi) is 4.49. The molecule has 116 valence electrons. The highest BCUT2D eigenvalue weighted by Gasteiger charge is 2.34. The van der Waals surface area contributed by atoms with Crippen molar-refractivity contribution in [1.82, 2.24) is 0 Å². The van der Waals surface area contributed by atoms with Crippen LogP contribution in [0.2, 0.25) is 0 Å². The molecule has 0 fully saturated rings. The van der Waals surface area contributed by atoms with Gasteiger partial charge in [0.05, 0.1) is 16.3 Å². The van der Waals surface area contributed by atoms with Crippen LogP contribution in [0.4, 0.5) is 11.4 Å². The Bertz CT molecular complexity index is 660. The van der Waals surface area contributed by atoms with Crippen molar-refractivity contribution in [3.8, 4) is 0 Å². The first-order chi connectivity index (χ1) is 9.81. The summed E-state index contributed by atoms with van der Waals surface area (Å²) in [5.74, 6) is -0.0182. The molecule has 1 atom stereocenters. The van der Waals surface area contributed by atoms with E-state index in [9.17, 15) is 13.2 Å². The molecule has 0 aromatic heterocycles. The number of likely N-dealkylation sites (N-methyl/N-ethyl adjacent to an activating group) is 1. The highest BCUT2D eigenvalue weighted by Crippen LogP contribution is 2.38. The second-order valence-electron chi connectivity index (χ2n) is 5.04. The molecule has 0 aliphatic carbocycles. The van der Waals surface area contributed by atoms with Crippen molar-refractivity contribution < 1.29 is 13.2 Å². The standard InChI is InChI=1S/C14H19ClN2O3S/c1-4-8-17-13-9-11(21(15,19)20)6-7-12(13)16(5-2)10(3)14(17)18/h6-7,9-10H,4-5,8H2,1-3H3. The molecule has 0 saturated heterocycles. The van der Waals surface area contributed by atoms with Crippen molar-refractivity contribution in [3.05, 3.63) is 18.2 Å². The van der Waals surface area contributed by atoms with Crippen molar-refractivity contribution in [2.45, 2.75) is 38.1 Å². The fraction of sp³-hybridized carbons (Fsp3) is 0.500. The predicted octanol–water partition coefficient (Wildman–Crippen LogP) is 2.59. The number of carbonyl (C=O) groups excluding carboxylic acids is 1. The van der Waals surface area contributed by atoms with Gasteiger partial charge in [0.2, 0.25) is 5.91 Å². The summed E-state index contributed by atoms with van der Waals surface area (Å²) in [4.78, 5) is 16.1. The van der Waals surface area contributed by atoms with Crippen LogP contribution in [0.15, 0.2) is 23.1 Å². The fourth-order valence-electron chi connectivity index (χ4n) is 2.70. The van der Waals surface area contributed by atoms with Gasteiger partial charge in [0.1, 0.15) is 6.04 Å². The number of anilines is 2. The molecule has 1 heterocycles. The van der Waals surface area contributed by atoms with Crippen LogP contribution in [0.5, 0.6) is 0 Å². The average Bonchev–Trinajstić information content (AvgIpc) is 2.43. The van der Waals surface area contributed by atoms with Gasteiger partial charge < -0.3 is 9.80 Å². The van der Waals surface area contributed by atoms with Gasteiger partial charge in [-0.3, -0.25) is 4.79 Å². The summed E-state index contributed by atoms with van der Waals surface area (Å²) >= 11 is 0. The van der Waals surface area contributed by atoms with Gasteiger partial charge in [-0.05, 0) is 38.5 Å². The monoisotopic (exact) mass is 330 g/mol. The summed E-state index contributed by atoms with van der Waals surface area (Å²) in [5.41, 5.74) is 1.48. The van der Waals surface area contributed by atoms with Crippen LogP contribution in [0.1, 0.15) is 27.2 Å². The van der Waals surface area contributed by atoms with Gasteiger partial charge in [-0.1, -0.05) is 6.92 Å². The molecule has 1 aliphatic heterocycles. The maximum atomic E-state index is 12.5. The molecule has 7 heteroatoms. The molecule has 0 radical (unpaired) electrons. The van der Waals surface area contributed by atoms with Crippen LogP contribution in [0.25, 0.3) is 0 Å². The third kappa shape index (κ3) is 2.87. The van der Waals surface area contributed by atoms with E-state index in [-0.39, 0.29) is 16.8 Å². The van der Waals surface area contributed by atoms with Crippen molar-refractivity contribution >= 4 is 37.0 Å². The van der Waals surface area contributed by atoms with E-state index in [1.54, 1.807) is 11.0 Å². The fourth-order valence-corrected chi connectivity index (χ4v) is 3.47. The number of rotatable bonds is 4. The number of nitrogens with zero attached hydrogens (tertiary/aromatic N) is 2. The summed E-state index contributed by atoms with van der Waals surface area (Å²) in [6, 6.07) is 4.43. The number of hydrogen-bond donors (Lipinski definition) is 0. The molecule has 5 nitrogen and oxygen atoms in total. The first-order valence-corrected chi connectivity index (χ1v) is 9.28. The summed E-state index contributed by atoms with van der Waals surface area (Å²) in [5, 5.41) is 0. The minimum atomic E-state index is -3.81. The molecule has 0 bridgehead atoms. The van der Waals surface area contributed by atoms with Gasteiger partial charge in [-0.15, -0.1) is 0 Å². The summed E-state index contributed by atoms with van der Waals surface area (Å²) in [6.45, 7) is 7.04. The predicted molar refractivity (Wildman–Crippen MR) is 84.6 cm³/mol. The molecule has 1 aliphatic rings. The lowest BCUT2D eigenvalue weighted by Crippen LogP contribution is -2.52. The van der Waals surface area contributed by atoms with E-state index < -0.39 is 9.05 Å². The topological polar surface area (TPSA) is 57.7 Å². The van der Waals surface area contributed by atoms with Crippen molar-refractivity contribution in [2.24, 2.45) is 0 Å². The number of amides is 1. The Morgan fingerprint density at radius 2 is 1.90 bits per heavy atom. The van der Waals surface area contributed by atoms with Gasteiger partial charge >= 0.3 is 0 Å². The lowest BCUT2D eigenvalue weighted by Gasteiger charge is -2.41. The maximum Gasteiger partial charge on any atom is 0.261 e. The van der Waals surface area contributed by atoms with Crippen molar-refractivity contribution in [1.29, 1.82) is 0 Å². The lowest BCUT2D eigenvalue weighted by atomic mass is 10.1. The van der Waals surface area contributed by atoms with E-state index in [1.807, 2.05) is 25.7 Å². The largest absolute Gasteiger partial charge is 0.358 e. The SMILES string of the molecule is CCCN1C(=O)C(C)N(CC)c2ccc(S(=O)(=O)Cl)cc21. The smallest absolute Gasteiger partial charge is 0.261 e. The van der Waals surface area contributed by atoms with E-state index >= 15 is 0 Å². The number of carbonyl (C=O) groups is 1. The number of hydrogen-bond acceptors (Lipinski definition) is 4. The van der Waals surface area contributed by atoms with Gasteiger partial charge in [0, 0.05) is 23.8 Å². The number of benzene rings is 1. The zero-order valence-corrected chi connectivity index (χ0v) is 13.9. The first kappa shape index (κ1) is 16.1. The second-order valence-corrected chi connectivity index (χ2v) is 7.61. The summed E-state index contributed by atoms with van der Waals surface area (Å²) in [7, 11) is 1.60. The molecule has 1 aromatic carbocycles. The molecule has 21 heavy (non-hydrogen) atoms. The Balaban J connectivity index is 2.63. The van der Waals surface area contributed by atoms with E-state index in [2.05, 4.69) is 0 Å². The van der Waals surface area contributed by atoms with Crippen LogP contribution in [-0.4, -0.2) is 33.5 Å². The third-order valence-corrected chi connectivity index (χ3v) is 5.06. The lowest BCUT2D eigenvalue weighted by molar-refractivity contribution is -0.119. The second kappa shape index (κ2) is 5.85. The quantitative estimate of drug-likeness (QED) is 0.796. The van der Waals surface area contributed by atoms with E-state index in [4.69, 9.17) is 10.7 Å². The van der Waals surface area contributed by atoms with Crippen molar-refractivity contribution in [2.75, 3.05) is 22.9 Å². The average molecular weight is 331 g/mol. The molecule has 1 unspecified atom stereocenters. The third-order valence-electron chi connectivity index (χ3n) is 3.71. The minimum absolute atomic E-state index is 0.0161. The maximum absolute atomic E-state index is 12.5. The number of fused-ring (bicyclic) bond motifs is 1. The van der Waals surface area contributed by atoms with Gasteiger partial charge in [-0.2, -0.15) is 0 Å². The van der Waals surface area contributed by atoms with E-state index in [0.717, 1.165) is 12.1 Å². The van der Waals surface area contributed by atoms with Gasteiger partial charge in [0.25, 0.3) is 9.05 Å². The molecule has 0 N–H and O–H groups in total. The Labute approximate surface area is 129 Å². The van der Waals surface area contributed by atoms with Crippen LogP contribution in [0, 0.1) is 0 Å². The molecule has 0 saturated carbocycles. The van der Waals surface area contributed by atoms with Crippen LogP contribution in [0.3, 0.4) is 0 Å². The normalized spacial score (nSPS) is 18.9. The number of halogens is 1. The van der Waals surface area contributed by atoms with Crippen LogP contribution >= 0.6 is 10.7 Å². The molecular formula is C14H19ClN2O3S. The first-order valence-electron chi connectivity index (χ1n) is 6.98. The highest BCUT2D eigenvalue weighted by molar-refractivity contribution is 8.13. The molecular weight excluding hydrogens is 312 g/mol. The Morgan fingerprint density at radius 3 is 2.43 bits per heavy atom. The van der Waals surface area contributed by atoms with Crippen LogP contribution in [-0.2, 0) is 13.8 Å². The summed E-state index contributed by atoms with van der Waals surface area (Å²) < 4.78 is 23.1. The van der Waals surface area contributed by atoms with Gasteiger partial charge in [0.15, 0.2) is 0 Å². The van der Waals surface area contributed by atoms with Crippen LogP contribution < -0.4 is 9.80 Å². The zero-order chi connectivity index (χ0) is 15.8. The summed E-state index contributed by atoms with van der Waals surface area (Å²) in [6.07, 6.45) is 0.794. The zero-order valence-electron chi connectivity index (χ0n) is 12.3. The molecule has 0 spiro atoms. The molecule has 2 rings (SSSR count). The van der Waals surface area contributed by atoms with Crippen molar-refractivity contribution in [3.63, 3.8) is 0 Å².